The minimum Gasteiger partial charge on any atom is -0.434 e. The van der Waals surface area contributed by atoms with Crippen molar-refractivity contribution in [3.63, 3.8) is 0 Å². The third-order valence-corrected chi connectivity index (χ3v) is 6.88. The van der Waals surface area contributed by atoms with E-state index >= 15 is 0 Å². The number of nitrogens with one attached hydrogen (secondary N) is 1. The number of aliphatic hydroxyl groups is 2. The van der Waals surface area contributed by atoms with E-state index in [0.717, 1.165) is 0 Å². The predicted molar refractivity (Wildman–Crippen MR) is 126 cm³/mol. The molecule has 0 unspecified atom stereocenters. The van der Waals surface area contributed by atoms with Crippen molar-refractivity contribution in [1.29, 1.82) is 0 Å². The summed E-state index contributed by atoms with van der Waals surface area (Å²) in [5.41, 5.74) is -1.25. The first-order valence-electron chi connectivity index (χ1n) is 11.8. The number of carbonyl (C=O) groups is 1. The molecule has 37 heavy (non-hydrogen) atoms. The fourth-order valence-corrected chi connectivity index (χ4v) is 4.79. The maximum atomic E-state index is 13.1. The van der Waals surface area contributed by atoms with Crippen LogP contribution in [0.15, 0.2) is 18.2 Å². The SMILES string of the molecule is C[C@H]1CC[C@](O)(CNC(=O)c2nn(C)c(-c3ccc(CCCC(F)(F)F)cc3OC(F)F)c2Cl)[C@@H](O)C1. The second-order valence-electron chi connectivity index (χ2n) is 9.49. The van der Waals surface area contributed by atoms with E-state index in [0.29, 0.717) is 24.8 Å². The van der Waals surface area contributed by atoms with Gasteiger partial charge in [-0.1, -0.05) is 24.6 Å². The predicted octanol–water partition coefficient (Wildman–Crippen LogP) is 4.87. The molecule has 1 aromatic carbocycles. The Balaban J connectivity index is 1.82. The number of alkyl halides is 5. The van der Waals surface area contributed by atoms with Gasteiger partial charge in [0, 0.05) is 25.6 Å². The quantitative estimate of drug-likeness (QED) is 0.385. The monoisotopic (exact) mass is 553 g/mol. The number of aryl methyl sites for hydroxylation is 2. The number of benzene rings is 1. The van der Waals surface area contributed by atoms with Crippen molar-refractivity contribution in [2.24, 2.45) is 13.0 Å². The van der Waals surface area contributed by atoms with Gasteiger partial charge in [0.25, 0.3) is 5.91 Å². The maximum Gasteiger partial charge on any atom is 0.389 e. The first kappa shape index (κ1) is 29.1. The van der Waals surface area contributed by atoms with E-state index in [2.05, 4.69) is 15.2 Å². The molecule has 1 aromatic heterocycles. The van der Waals surface area contributed by atoms with Gasteiger partial charge in [0.2, 0.25) is 0 Å². The number of ether oxygens (including phenoxy) is 1. The summed E-state index contributed by atoms with van der Waals surface area (Å²) >= 11 is 6.42. The fraction of sp³-hybridized carbons (Fsp3) is 0.583. The van der Waals surface area contributed by atoms with E-state index in [1.54, 1.807) is 0 Å². The standard InChI is InChI=1S/C24H29ClF5N3O4/c1-13-7-9-23(36,17(34)10-13)12-31-21(35)19-18(25)20(33(2)32-19)15-6-5-14(4-3-8-24(28,29)30)11-16(15)37-22(26)27/h5-6,11,13,17,22,34,36H,3-4,7-10,12H2,1-2H3,(H,31,35)/t13-,17-,23-/m0/s1. The van der Waals surface area contributed by atoms with Crippen molar-refractivity contribution in [2.45, 2.75) is 69.9 Å². The third kappa shape index (κ3) is 7.32. The van der Waals surface area contributed by atoms with Gasteiger partial charge in [0.15, 0.2) is 5.69 Å². The van der Waals surface area contributed by atoms with Crippen LogP contribution < -0.4 is 10.1 Å². The Morgan fingerprint density at radius 3 is 2.70 bits per heavy atom. The van der Waals surface area contributed by atoms with Crippen LogP contribution in [0, 0.1) is 5.92 Å². The van der Waals surface area contributed by atoms with Gasteiger partial charge in [0.05, 0.1) is 16.8 Å². The molecule has 1 saturated carbocycles. The third-order valence-electron chi connectivity index (χ3n) is 6.52. The molecule has 0 aliphatic heterocycles. The van der Waals surface area contributed by atoms with E-state index in [4.69, 9.17) is 11.6 Å². The van der Waals surface area contributed by atoms with E-state index in [-0.39, 0.29) is 53.0 Å². The number of carbonyl (C=O) groups excluding carboxylic acids is 1. The van der Waals surface area contributed by atoms with Crippen LogP contribution in [0.2, 0.25) is 5.02 Å². The van der Waals surface area contributed by atoms with Crippen LogP contribution in [0.3, 0.4) is 0 Å². The normalized spacial score (nSPS) is 22.4. The lowest BCUT2D eigenvalue weighted by Gasteiger charge is -2.39. The molecule has 7 nitrogen and oxygen atoms in total. The second-order valence-corrected chi connectivity index (χ2v) is 9.87. The van der Waals surface area contributed by atoms with Crippen LogP contribution in [0.5, 0.6) is 5.75 Å². The number of aliphatic hydroxyl groups excluding tert-OH is 1. The van der Waals surface area contributed by atoms with Crippen molar-refractivity contribution >= 4 is 17.5 Å². The van der Waals surface area contributed by atoms with Gasteiger partial charge in [-0.15, -0.1) is 0 Å². The molecule has 206 valence electrons. The van der Waals surface area contributed by atoms with Crippen molar-refractivity contribution in [2.75, 3.05) is 6.54 Å². The maximum absolute atomic E-state index is 13.1. The van der Waals surface area contributed by atoms with Crippen LogP contribution in [0.1, 0.15) is 55.1 Å². The zero-order valence-corrected chi connectivity index (χ0v) is 21.0. The van der Waals surface area contributed by atoms with Crippen molar-refractivity contribution < 1.29 is 41.7 Å². The molecule has 1 aliphatic rings. The van der Waals surface area contributed by atoms with E-state index in [1.807, 2.05) is 6.92 Å². The van der Waals surface area contributed by atoms with Crippen LogP contribution in [-0.2, 0) is 13.5 Å². The summed E-state index contributed by atoms with van der Waals surface area (Å²) in [6, 6.07) is 4.05. The van der Waals surface area contributed by atoms with Gasteiger partial charge < -0.3 is 20.3 Å². The molecule has 1 aliphatic carbocycles. The van der Waals surface area contributed by atoms with E-state index in [1.165, 1.54) is 29.9 Å². The number of hydrogen-bond donors (Lipinski definition) is 3. The Morgan fingerprint density at radius 1 is 1.38 bits per heavy atom. The van der Waals surface area contributed by atoms with E-state index in [9.17, 15) is 37.0 Å². The highest BCUT2D eigenvalue weighted by Gasteiger charge is 2.40. The zero-order valence-electron chi connectivity index (χ0n) is 20.3. The van der Waals surface area contributed by atoms with Crippen molar-refractivity contribution in [3.8, 4) is 17.0 Å². The number of nitrogens with zero attached hydrogens (tertiary/aromatic N) is 2. The summed E-state index contributed by atoms with van der Waals surface area (Å²) < 4.78 is 69.4. The molecule has 1 heterocycles. The Bertz CT molecular complexity index is 1110. The first-order chi connectivity index (χ1) is 17.2. The fourth-order valence-electron chi connectivity index (χ4n) is 4.44. The number of rotatable bonds is 9. The highest BCUT2D eigenvalue weighted by atomic mass is 35.5. The van der Waals surface area contributed by atoms with Gasteiger partial charge >= 0.3 is 12.8 Å². The Kier molecular flexibility index (Phi) is 9.07. The topological polar surface area (TPSA) is 96.6 Å². The van der Waals surface area contributed by atoms with Crippen LogP contribution >= 0.6 is 11.6 Å². The molecule has 3 atom stereocenters. The van der Waals surface area contributed by atoms with E-state index < -0.39 is 36.8 Å². The first-order valence-corrected chi connectivity index (χ1v) is 12.1. The molecule has 3 N–H and O–H groups in total. The van der Waals surface area contributed by atoms with Gasteiger partial charge in [-0.25, -0.2) is 0 Å². The van der Waals surface area contributed by atoms with Gasteiger partial charge in [-0.3, -0.25) is 9.48 Å². The van der Waals surface area contributed by atoms with Crippen LogP contribution in [0.25, 0.3) is 11.3 Å². The average molecular weight is 554 g/mol. The number of aromatic nitrogens is 2. The van der Waals surface area contributed by atoms with Gasteiger partial charge in [-0.05, 0) is 55.7 Å². The average Bonchev–Trinajstić information content (AvgIpc) is 3.08. The Labute approximate surface area is 215 Å². The molecule has 1 amide bonds. The smallest absolute Gasteiger partial charge is 0.389 e. The summed E-state index contributed by atoms with van der Waals surface area (Å²) in [6.45, 7) is -1.50. The summed E-state index contributed by atoms with van der Waals surface area (Å²) in [4.78, 5) is 12.8. The summed E-state index contributed by atoms with van der Waals surface area (Å²) in [5.74, 6) is -0.837. The minimum atomic E-state index is -4.33. The van der Waals surface area contributed by atoms with Gasteiger partial charge in [0.1, 0.15) is 11.4 Å². The lowest BCUT2D eigenvalue weighted by Crippen LogP contribution is -2.54. The summed E-state index contributed by atoms with van der Waals surface area (Å²) in [6.07, 6.45) is -5.25. The Morgan fingerprint density at radius 2 is 2.08 bits per heavy atom. The van der Waals surface area contributed by atoms with Crippen LogP contribution in [0.4, 0.5) is 22.0 Å². The number of halogens is 6. The molecule has 3 rings (SSSR count). The molecule has 0 spiro atoms. The molecular weight excluding hydrogens is 525 g/mol. The summed E-state index contributed by atoms with van der Waals surface area (Å²) in [5, 5.41) is 27.5. The molecule has 0 radical (unpaired) electrons. The second kappa shape index (κ2) is 11.5. The van der Waals surface area contributed by atoms with Crippen molar-refractivity contribution in [1.82, 2.24) is 15.1 Å². The molecule has 2 aromatic rings. The lowest BCUT2D eigenvalue weighted by molar-refractivity contribution is -0.135. The molecular formula is C24H29ClF5N3O4. The highest BCUT2D eigenvalue weighted by molar-refractivity contribution is 6.36. The largest absolute Gasteiger partial charge is 0.434 e. The Hall–Kier alpha value is -2.44. The lowest BCUT2D eigenvalue weighted by atomic mass is 9.77. The van der Waals surface area contributed by atoms with Crippen LogP contribution in [-0.4, -0.2) is 56.9 Å². The highest BCUT2D eigenvalue weighted by Crippen LogP contribution is 2.38. The zero-order chi connectivity index (χ0) is 27.5. The van der Waals surface area contributed by atoms with Crippen molar-refractivity contribution in [3.05, 3.63) is 34.5 Å². The molecule has 1 fully saturated rings. The minimum absolute atomic E-state index is 0.0142. The molecule has 0 bridgehead atoms. The molecule has 13 heteroatoms. The molecule has 0 saturated heterocycles. The number of amides is 1. The summed E-state index contributed by atoms with van der Waals surface area (Å²) in [7, 11) is 1.43. The number of hydrogen-bond acceptors (Lipinski definition) is 5. The van der Waals surface area contributed by atoms with Gasteiger partial charge in [-0.2, -0.15) is 27.1 Å².